The average Bonchev–Trinajstić information content (AvgIpc) is 3.10. The van der Waals surface area contributed by atoms with Crippen molar-refractivity contribution >= 4 is 46.3 Å². The number of methoxy groups -OCH3 is 1. The molecule has 1 fully saturated rings. The van der Waals surface area contributed by atoms with Crippen LogP contribution in [0, 0.1) is 0 Å². The van der Waals surface area contributed by atoms with Gasteiger partial charge in [0, 0.05) is 17.3 Å². The monoisotopic (exact) mass is 509 g/mol. The number of anilines is 1. The van der Waals surface area contributed by atoms with E-state index in [0.29, 0.717) is 27.6 Å². The summed E-state index contributed by atoms with van der Waals surface area (Å²) in [5.74, 6) is -1.32. The maximum absolute atomic E-state index is 13.3. The number of carbonyl (C=O) groups is 2. The molecule has 0 aliphatic carbocycles. The first-order valence-corrected chi connectivity index (χ1v) is 11.8. The average molecular weight is 510 g/mol. The summed E-state index contributed by atoms with van der Waals surface area (Å²) >= 11 is 12.2. The van der Waals surface area contributed by atoms with Gasteiger partial charge in [-0.3, -0.25) is 14.5 Å². The van der Waals surface area contributed by atoms with Crippen LogP contribution in [0.5, 0.6) is 5.75 Å². The van der Waals surface area contributed by atoms with E-state index >= 15 is 0 Å². The van der Waals surface area contributed by atoms with Crippen molar-refractivity contribution in [3.63, 3.8) is 0 Å². The largest absolute Gasteiger partial charge is 0.507 e. The van der Waals surface area contributed by atoms with Gasteiger partial charge in [-0.05, 0) is 46.9 Å². The van der Waals surface area contributed by atoms with Crippen LogP contribution >= 0.6 is 23.2 Å². The lowest BCUT2D eigenvalue weighted by atomic mass is 9.85. The summed E-state index contributed by atoms with van der Waals surface area (Å²) < 4.78 is 5.33. The number of nitrogens with zero attached hydrogens (tertiary/aromatic N) is 1. The molecule has 0 bridgehead atoms. The highest BCUT2D eigenvalue weighted by Gasteiger charge is 2.47. The molecule has 0 saturated carbocycles. The Hall–Kier alpha value is -3.28. The molecule has 7 heteroatoms. The van der Waals surface area contributed by atoms with Crippen LogP contribution in [0.15, 0.2) is 72.3 Å². The van der Waals surface area contributed by atoms with Gasteiger partial charge in [-0.2, -0.15) is 0 Å². The fourth-order valence-electron chi connectivity index (χ4n) is 4.14. The predicted molar refractivity (Wildman–Crippen MR) is 139 cm³/mol. The minimum atomic E-state index is -0.856. The first kappa shape index (κ1) is 24.8. The van der Waals surface area contributed by atoms with Crippen molar-refractivity contribution in [1.82, 2.24) is 0 Å². The van der Waals surface area contributed by atoms with E-state index in [4.69, 9.17) is 27.9 Å². The van der Waals surface area contributed by atoms with Gasteiger partial charge in [0.1, 0.15) is 11.5 Å². The van der Waals surface area contributed by atoms with Crippen molar-refractivity contribution in [2.45, 2.75) is 32.2 Å². The van der Waals surface area contributed by atoms with E-state index in [-0.39, 0.29) is 21.8 Å². The maximum Gasteiger partial charge on any atom is 0.300 e. The van der Waals surface area contributed by atoms with Gasteiger partial charge in [0.25, 0.3) is 11.7 Å². The molecule has 35 heavy (non-hydrogen) atoms. The van der Waals surface area contributed by atoms with Crippen molar-refractivity contribution in [3.8, 4) is 5.75 Å². The SMILES string of the molecule is COc1cccc(N2C(=O)C(=O)/C(=C(/O)c3ccc(Cl)c(Cl)c3)C2c2ccc(C(C)(C)C)cc2)c1. The third-order valence-corrected chi connectivity index (χ3v) is 6.80. The summed E-state index contributed by atoms with van der Waals surface area (Å²) in [5.41, 5.74) is 2.45. The van der Waals surface area contributed by atoms with E-state index in [0.717, 1.165) is 5.56 Å². The Labute approximate surface area is 214 Å². The molecule has 3 aromatic carbocycles. The van der Waals surface area contributed by atoms with E-state index in [2.05, 4.69) is 20.8 Å². The number of hydrogen-bond donors (Lipinski definition) is 1. The van der Waals surface area contributed by atoms with Crippen LogP contribution < -0.4 is 9.64 Å². The third-order valence-electron chi connectivity index (χ3n) is 6.06. The fourth-order valence-corrected chi connectivity index (χ4v) is 4.44. The van der Waals surface area contributed by atoms with Crippen LogP contribution in [0.25, 0.3) is 5.76 Å². The van der Waals surface area contributed by atoms with E-state index < -0.39 is 17.7 Å². The second kappa shape index (κ2) is 9.40. The number of amides is 1. The van der Waals surface area contributed by atoms with Gasteiger partial charge in [0.15, 0.2) is 0 Å². The second-order valence-corrected chi connectivity index (χ2v) is 10.2. The summed E-state index contributed by atoms with van der Waals surface area (Å²) in [4.78, 5) is 28.0. The molecular weight excluding hydrogens is 485 g/mol. The highest BCUT2D eigenvalue weighted by molar-refractivity contribution is 6.51. The number of rotatable bonds is 4. The Balaban J connectivity index is 1.94. The zero-order valence-electron chi connectivity index (χ0n) is 19.8. The van der Waals surface area contributed by atoms with E-state index in [1.165, 1.54) is 24.1 Å². The number of ether oxygens (including phenoxy) is 1. The summed E-state index contributed by atoms with van der Waals surface area (Å²) in [7, 11) is 1.53. The fraction of sp³-hybridized carbons (Fsp3) is 0.214. The Morgan fingerprint density at radius 1 is 0.943 bits per heavy atom. The first-order chi connectivity index (χ1) is 16.5. The number of aliphatic hydroxyl groups is 1. The molecule has 0 spiro atoms. The molecule has 1 amide bonds. The molecule has 1 N–H and O–H groups in total. The summed E-state index contributed by atoms with van der Waals surface area (Å²) in [6.45, 7) is 6.32. The zero-order chi connectivity index (χ0) is 25.5. The van der Waals surface area contributed by atoms with Crippen LogP contribution in [0.1, 0.15) is 43.5 Å². The van der Waals surface area contributed by atoms with Crippen LogP contribution in [-0.2, 0) is 15.0 Å². The lowest BCUT2D eigenvalue weighted by Gasteiger charge is -2.27. The smallest absolute Gasteiger partial charge is 0.300 e. The number of carbonyl (C=O) groups excluding carboxylic acids is 2. The summed E-state index contributed by atoms with van der Waals surface area (Å²) in [5, 5.41) is 11.8. The van der Waals surface area contributed by atoms with Crippen molar-refractivity contribution in [3.05, 3.63) is 99.0 Å². The standard InChI is InChI=1S/C28H25Cl2NO4/c1-28(2,3)18-11-8-16(9-12-18)24-23(25(32)17-10-13-21(29)22(30)14-17)26(33)27(34)31(24)19-6-5-7-20(15-19)35-4/h5-15,24,32H,1-4H3/b25-23+. The normalized spacial score (nSPS) is 17.7. The number of halogens is 2. The van der Waals surface area contributed by atoms with Crippen molar-refractivity contribution in [2.24, 2.45) is 0 Å². The molecule has 1 saturated heterocycles. The Morgan fingerprint density at radius 2 is 1.63 bits per heavy atom. The third kappa shape index (κ3) is 4.66. The summed E-state index contributed by atoms with van der Waals surface area (Å²) in [6, 6.07) is 18.3. The lowest BCUT2D eigenvalue weighted by Crippen LogP contribution is -2.29. The van der Waals surface area contributed by atoms with Crippen molar-refractivity contribution < 1.29 is 19.4 Å². The topological polar surface area (TPSA) is 66.8 Å². The molecule has 5 nitrogen and oxygen atoms in total. The molecule has 1 aliphatic rings. The number of benzene rings is 3. The van der Waals surface area contributed by atoms with Crippen LogP contribution in [0.3, 0.4) is 0 Å². The van der Waals surface area contributed by atoms with Gasteiger partial charge in [0.05, 0.1) is 28.8 Å². The molecule has 3 aromatic rings. The molecule has 180 valence electrons. The number of Topliss-reactive ketones (excluding diaryl/α,β-unsaturated/α-hetero) is 1. The van der Waals surface area contributed by atoms with Gasteiger partial charge in [-0.1, -0.05) is 74.3 Å². The van der Waals surface area contributed by atoms with Gasteiger partial charge in [-0.15, -0.1) is 0 Å². The number of aliphatic hydroxyl groups excluding tert-OH is 1. The minimum Gasteiger partial charge on any atom is -0.507 e. The summed E-state index contributed by atoms with van der Waals surface area (Å²) in [6.07, 6.45) is 0. The lowest BCUT2D eigenvalue weighted by molar-refractivity contribution is -0.132. The van der Waals surface area contributed by atoms with Crippen LogP contribution in [0.4, 0.5) is 5.69 Å². The number of ketones is 1. The van der Waals surface area contributed by atoms with Gasteiger partial charge >= 0.3 is 0 Å². The van der Waals surface area contributed by atoms with Gasteiger partial charge in [-0.25, -0.2) is 0 Å². The minimum absolute atomic E-state index is 0.0280. The molecule has 4 rings (SSSR count). The quantitative estimate of drug-likeness (QED) is 0.235. The second-order valence-electron chi connectivity index (χ2n) is 9.37. The Morgan fingerprint density at radius 3 is 2.23 bits per heavy atom. The zero-order valence-corrected chi connectivity index (χ0v) is 21.3. The molecule has 0 radical (unpaired) electrons. The molecular formula is C28H25Cl2NO4. The Kier molecular flexibility index (Phi) is 6.67. The molecule has 1 aliphatic heterocycles. The van der Waals surface area contributed by atoms with Gasteiger partial charge in [0.2, 0.25) is 0 Å². The first-order valence-electron chi connectivity index (χ1n) is 11.0. The van der Waals surface area contributed by atoms with Crippen molar-refractivity contribution in [2.75, 3.05) is 12.0 Å². The van der Waals surface area contributed by atoms with E-state index in [1.807, 2.05) is 24.3 Å². The van der Waals surface area contributed by atoms with Crippen LogP contribution in [-0.4, -0.2) is 23.9 Å². The van der Waals surface area contributed by atoms with Crippen LogP contribution in [0.2, 0.25) is 10.0 Å². The van der Waals surface area contributed by atoms with Gasteiger partial charge < -0.3 is 9.84 Å². The predicted octanol–water partition coefficient (Wildman–Crippen LogP) is 6.93. The van der Waals surface area contributed by atoms with E-state index in [9.17, 15) is 14.7 Å². The molecule has 1 heterocycles. The highest BCUT2D eigenvalue weighted by Crippen LogP contribution is 2.43. The molecule has 1 atom stereocenters. The number of hydrogen-bond acceptors (Lipinski definition) is 4. The highest BCUT2D eigenvalue weighted by atomic mass is 35.5. The van der Waals surface area contributed by atoms with E-state index in [1.54, 1.807) is 30.3 Å². The van der Waals surface area contributed by atoms with Crippen molar-refractivity contribution in [1.29, 1.82) is 0 Å². The molecule has 0 aromatic heterocycles. The Bertz CT molecular complexity index is 1340. The molecule has 1 unspecified atom stereocenters. The maximum atomic E-state index is 13.3.